The molecule has 0 aromatic rings. The number of hydrogen-bond acceptors (Lipinski definition) is 2. The number of nitrogens with two attached hydrogens (primary N) is 1. The lowest BCUT2D eigenvalue weighted by atomic mass is 10.1. The number of rotatable bonds is 1. The third kappa shape index (κ3) is 3.37. The van der Waals surface area contributed by atoms with E-state index in [1.54, 1.807) is 0 Å². The van der Waals surface area contributed by atoms with E-state index in [1.807, 2.05) is 20.9 Å². The van der Waals surface area contributed by atoms with E-state index in [0.717, 1.165) is 19.5 Å². The largest absolute Gasteiger partial charge is 0.369 e. The van der Waals surface area contributed by atoms with Gasteiger partial charge < -0.3 is 10.6 Å². The summed E-state index contributed by atoms with van der Waals surface area (Å²) in [4.78, 5) is 12.7. The molecule has 2 N–H and O–H groups in total. The Kier molecular flexibility index (Phi) is 4.86. The van der Waals surface area contributed by atoms with E-state index in [9.17, 15) is 4.79 Å². The minimum Gasteiger partial charge on any atom is -0.369 e. The van der Waals surface area contributed by atoms with Crippen LogP contribution in [0.25, 0.3) is 0 Å². The zero-order chi connectivity index (χ0) is 8.85. The maximum absolute atomic E-state index is 10.5. The van der Waals surface area contributed by atoms with E-state index in [4.69, 9.17) is 5.73 Å². The minimum atomic E-state index is -0.153. The third-order valence-corrected chi connectivity index (χ3v) is 1.79. The van der Waals surface area contributed by atoms with Gasteiger partial charge in [-0.3, -0.25) is 4.79 Å². The van der Waals surface area contributed by atoms with Crippen LogP contribution < -0.4 is 5.73 Å². The van der Waals surface area contributed by atoms with Crippen molar-refractivity contribution < 1.29 is 4.79 Å². The molecule has 1 heterocycles. The van der Waals surface area contributed by atoms with Gasteiger partial charge in [-0.15, -0.1) is 0 Å². The first kappa shape index (κ1) is 10.4. The first-order valence-corrected chi connectivity index (χ1v) is 4.18. The number of likely N-dealkylation sites (tertiary alicyclic amines) is 1. The monoisotopic (exact) mass is 158 g/mol. The molecular formula is C8H18N2O. The fourth-order valence-electron chi connectivity index (χ4n) is 1.17. The Morgan fingerprint density at radius 1 is 1.55 bits per heavy atom. The van der Waals surface area contributed by atoms with E-state index < -0.39 is 0 Å². The fourth-order valence-corrected chi connectivity index (χ4v) is 1.17. The molecule has 1 aliphatic rings. The summed E-state index contributed by atoms with van der Waals surface area (Å²) in [7, 11) is 2.00. The lowest BCUT2D eigenvalue weighted by Gasteiger charge is -2.05. The highest BCUT2D eigenvalue weighted by atomic mass is 16.1. The number of primary amides is 1. The number of carbonyl (C=O) groups excluding carboxylic acids is 1. The molecule has 0 spiro atoms. The zero-order valence-corrected chi connectivity index (χ0v) is 7.63. The Hall–Kier alpha value is -0.570. The molecule has 0 saturated carbocycles. The number of nitrogens with zero attached hydrogens (tertiary/aromatic N) is 1. The molecule has 1 aliphatic heterocycles. The first-order chi connectivity index (χ1) is 5.20. The molecule has 0 bridgehead atoms. The second-order valence-corrected chi connectivity index (χ2v) is 2.65. The fraction of sp³-hybridized carbons (Fsp3) is 0.875. The van der Waals surface area contributed by atoms with Crippen LogP contribution in [0, 0.1) is 5.92 Å². The molecule has 11 heavy (non-hydrogen) atoms. The Bertz CT molecular complexity index is 125. The van der Waals surface area contributed by atoms with Gasteiger partial charge in [-0.1, -0.05) is 13.8 Å². The van der Waals surface area contributed by atoms with Gasteiger partial charge in [-0.25, -0.2) is 0 Å². The Labute approximate surface area is 68.6 Å². The van der Waals surface area contributed by atoms with Crippen LogP contribution in [0.1, 0.15) is 20.3 Å². The van der Waals surface area contributed by atoms with E-state index in [2.05, 4.69) is 4.90 Å². The summed E-state index contributed by atoms with van der Waals surface area (Å²) < 4.78 is 0. The van der Waals surface area contributed by atoms with Crippen molar-refractivity contribution in [3.63, 3.8) is 0 Å². The smallest absolute Gasteiger partial charge is 0.221 e. The van der Waals surface area contributed by atoms with Gasteiger partial charge in [-0.05, 0) is 20.0 Å². The molecule has 0 radical (unpaired) electrons. The average molecular weight is 158 g/mol. The lowest BCUT2D eigenvalue weighted by Crippen LogP contribution is -2.25. The summed E-state index contributed by atoms with van der Waals surface area (Å²) in [5.74, 6) is -0.0469. The average Bonchev–Trinajstić information content (AvgIpc) is 2.40. The summed E-state index contributed by atoms with van der Waals surface area (Å²) in [6.07, 6.45) is 0.936. The Balaban J connectivity index is 0.000000461. The van der Waals surface area contributed by atoms with Crippen LogP contribution in [0.4, 0.5) is 0 Å². The molecule has 0 aliphatic carbocycles. The minimum absolute atomic E-state index is 0.106. The highest BCUT2D eigenvalue weighted by Crippen LogP contribution is 2.12. The van der Waals surface area contributed by atoms with Crippen molar-refractivity contribution >= 4 is 5.91 Å². The standard InChI is InChI=1S/C6H12N2O.C2H6/c1-8-3-2-5(4-8)6(7)9;1-2/h5H,2-4H2,1H3,(H2,7,9);1-2H3. The van der Waals surface area contributed by atoms with Gasteiger partial charge >= 0.3 is 0 Å². The molecule has 1 rings (SSSR count). The molecule has 1 fully saturated rings. The Morgan fingerprint density at radius 3 is 2.27 bits per heavy atom. The normalized spacial score (nSPS) is 24.1. The molecule has 66 valence electrons. The SMILES string of the molecule is CC.CN1CCC(C(N)=O)C1. The van der Waals surface area contributed by atoms with E-state index in [0.29, 0.717) is 0 Å². The second kappa shape index (κ2) is 5.13. The van der Waals surface area contributed by atoms with Crippen LogP contribution in [0.15, 0.2) is 0 Å². The van der Waals surface area contributed by atoms with Gasteiger partial charge in [0, 0.05) is 6.54 Å². The van der Waals surface area contributed by atoms with Crippen LogP contribution in [0.3, 0.4) is 0 Å². The quantitative estimate of drug-likeness (QED) is 0.602. The van der Waals surface area contributed by atoms with E-state index >= 15 is 0 Å². The summed E-state index contributed by atoms with van der Waals surface area (Å²) >= 11 is 0. The van der Waals surface area contributed by atoms with Crippen LogP contribution in [-0.4, -0.2) is 30.9 Å². The van der Waals surface area contributed by atoms with Crippen molar-refractivity contribution in [1.82, 2.24) is 4.90 Å². The molecule has 3 heteroatoms. The summed E-state index contributed by atoms with van der Waals surface area (Å²) in [6, 6.07) is 0. The zero-order valence-electron chi connectivity index (χ0n) is 7.63. The van der Waals surface area contributed by atoms with Crippen molar-refractivity contribution in [2.24, 2.45) is 11.7 Å². The maximum atomic E-state index is 10.5. The van der Waals surface area contributed by atoms with Gasteiger partial charge in [0.1, 0.15) is 0 Å². The predicted octanol–water partition coefficient (Wildman–Crippen LogP) is 0.450. The molecule has 0 aromatic carbocycles. The van der Waals surface area contributed by atoms with Crippen molar-refractivity contribution in [3.05, 3.63) is 0 Å². The summed E-state index contributed by atoms with van der Waals surface area (Å²) in [6.45, 7) is 5.85. The van der Waals surface area contributed by atoms with E-state index in [1.165, 1.54) is 0 Å². The van der Waals surface area contributed by atoms with Gasteiger partial charge in [0.05, 0.1) is 5.92 Å². The first-order valence-electron chi connectivity index (χ1n) is 4.18. The van der Waals surface area contributed by atoms with Gasteiger partial charge in [0.2, 0.25) is 5.91 Å². The number of carbonyl (C=O) groups is 1. The molecule has 3 nitrogen and oxygen atoms in total. The molecule has 1 atom stereocenters. The van der Waals surface area contributed by atoms with Gasteiger partial charge in [-0.2, -0.15) is 0 Å². The molecule has 0 aromatic heterocycles. The second-order valence-electron chi connectivity index (χ2n) is 2.65. The maximum Gasteiger partial charge on any atom is 0.221 e. The molecule has 1 amide bonds. The van der Waals surface area contributed by atoms with E-state index in [-0.39, 0.29) is 11.8 Å². The topological polar surface area (TPSA) is 46.3 Å². The third-order valence-electron chi connectivity index (χ3n) is 1.79. The number of amides is 1. The van der Waals surface area contributed by atoms with Crippen molar-refractivity contribution in [2.75, 3.05) is 20.1 Å². The van der Waals surface area contributed by atoms with Crippen molar-refractivity contribution in [2.45, 2.75) is 20.3 Å². The van der Waals surface area contributed by atoms with Crippen LogP contribution in [-0.2, 0) is 4.79 Å². The molecule has 1 unspecified atom stereocenters. The highest BCUT2D eigenvalue weighted by Gasteiger charge is 2.23. The van der Waals surface area contributed by atoms with Crippen molar-refractivity contribution in [1.29, 1.82) is 0 Å². The lowest BCUT2D eigenvalue weighted by molar-refractivity contribution is -0.121. The highest BCUT2D eigenvalue weighted by molar-refractivity contribution is 5.77. The van der Waals surface area contributed by atoms with Crippen molar-refractivity contribution in [3.8, 4) is 0 Å². The van der Waals surface area contributed by atoms with Gasteiger partial charge in [0.15, 0.2) is 0 Å². The molecule has 1 saturated heterocycles. The van der Waals surface area contributed by atoms with Crippen LogP contribution in [0.2, 0.25) is 0 Å². The summed E-state index contributed by atoms with van der Waals surface area (Å²) in [5, 5.41) is 0. The molecular weight excluding hydrogens is 140 g/mol. The van der Waals surface area contributed by atoms with Crippen LogP contribution >= 0.6 is 0 Å². The number of hydrogen-bond donors (Lipinski definition) is 1. The van der Waals surface area contributed by atoms with Crippen LogP contribution in [0.5, 0.6) is 0 Å². The van der Waals surface area contributed by atoms with Gasteiger partial charge in [0.25, 0.3) is 0 Å². The summed E-state index contributed by atoms with van der Waals surface area (Å²) in [5.41, 5.74) is 5.09. The predicted molar refractivity (Wildman–Crippen MR) is 46.1 cm³/mol. The Morgan fingerprint density at radius 2 is 2.09 bits per heavy atom.